The van der Waals surface area contributed by atoms with E-state index in [0.717, 1.165) is 22.4 Å². The molecule has 0 unspecified atom stereocenters. The lowest BCUT2D eigenvalue weighted by Gasteiger charge is -2.17. The third-order valence-electron chi connectivity index (χ3n) is 6.44. The van der Waals surface area contributed by atoms with Crippen molar-refractivity contribution < 1.29 is 14.0 Å². The number of aromatic nitrogens is 2. The molecule has 5 rings (SSSR count). The first-order valence-corrected chi connectivity index (χ1v) is 12.5. The summed E-state index contributed by atoms with van der Waals surface area (Å²) in [6.45, 7) is 2.37. The number of carbonyl (C=O) groups is 2. The molecule has 0 saturated heterocycles. The van der Waals surface area contributed by atoms with Crippen LogP contribution in [0.25, 0.3) is 0 Å². The minimum atomic E-state index is -0.312. The molecule has 38 heavy (non-hydrogen) atoms. The quantitative estimate of drug-likeness (QED) is 0.487. The van der Waals surface area contributed by atoms with Crippen molar-refractivity contribution in [3.05, 3.63) is 101 Å². The Bertz CT molecular complexity index is 1480. The number of rotatable bonds is 5. The number of carbonyl (C=O) groups excluding carboxylic acids is 2. The number of nitrogens with one attached hydrogen (secondary N) is 2. The van der Waals surface area contributed by atoms with Crippen molar-refractivity contribution in [1.82, 2.24) is 15.3 Å². The number of aryl methyl sites for hydroxylation is 1. The SMILES string of the molecule is C\C=C/C=N\C1=C\Cc2ccc(Nc3cc(C(=O)N4CCc5cc(F)ccc54)ncn3)cc2CCC(=O)N1. The van der Waals surface area contributed by atoms with E-state index in [9.17, 15) is 14.0 Å². The van der Waals surface area contributed by atoms with Crippen molar-refractivity contribution in [1.29, 1.82) is 0 Å². The lowest BCUT2D eigenvalue weighted by molar-refractivity contribution is -0.120. The molecule has 1 aromatic heterocycles. The fourth-order valence-electron chi connectivity index (χ4n) is 4.55. The zero-order chi connectivity index (χ0) is 26.5. The largest absolute Gasteiger partial charge is 0.340 e. The van der Waals surface area contributed by atoms with Gasteiger partial charge in [0.1, 0.15) is 29.5 Å². The molecule has 8 nitrogen and oxygen atoms in total. The van der Waals surface area contributed by atoms with Gasteiger partial charge < -0.3 is 15.5 Å². The normalized spacial score (nSPS) is 16.7. The van der Waals surface area contributed by atoms with Crippen LogP contribution in [-0.2, 0) is 24.1 Å². The van der Waals surface area contributed by atoms with Crippen LogP contribution >= 0.6 is 0 Å². The van der Waals surface area contributed by atoms with Crippen molar-refractivity contribution in [3.8, 4) is 0 Å². The number of benzene rings is 2. The highest BCUT2D eigenvalue weighted by Crippen LogP contribution is 2.30. The molecule has 2 amide bonds. The lowest BCUT2D eigenvalue weighted by Crippen LogP contribution is -2.29. The summed E-state index contributed by atoms with van der Waals surface area (Å²) in [6.07, 6.45) is 10.7. The summed E-state index contributed by atoms with van der Waals surface area (Å²) in [7, 11) is 0. The molecule has 0 saturated carbocycles. The molecule has 0 radical (unpaired) electrons. The summed E-state index contributed by atoms with van der Waals surface area (Å²) in [5.41, 5.74) is 4.70. The van der Waals surface area contributed by atoms with Gasteiger partial charge in [-0.15, -0.1) is 0 Å². The fourth-order valence-corrected chi connectivity index (χ4v) is 4.55. The summed E-state index contributed by atoms with van der Waals surface area (Å²) in [4.78, 5) is 40.0. The molecular weight excluding hydrogens is 483 g/mol. The van der Waals surface area contributed by atoms with Crippen LogP contribution in [0.2, 0.25) is 0 Å². The highest BCUT2D eigenvalue weighted by Gasteiger charge is 2.27. The van der Waals surface area contributed by atoms with Crippen molar-refractivity contribution >= 4 is 35.2 Å². The van der Waals surface area contributed by atoms with Crippen LogP contribution < -0.4 is 15.5 Å². The van der Waals surface area contributed by atoms with Crippen molar-refractivity contribution in [2.45, 2.75) is 32.6 Å². The van der Waals surface area contributed by atoms with E-state index in [-0.39, 0.29) is 23.3 Å². The smallest absolute Gasteiger partial charge is 0.277 e. The molecule has 0 fully saturated rings. The minimum absolute atomic E-state index is 0.0923. The zero-order valence-electron chi connectivity index (χ0n) is 20.9. The zero-order valence-corrected chi connectivity index (χ0v) is 20.9. The minimum Gasteiger partial charge on any atom is -0.340 e. The molecule has 2 aromatic carbocycles. The summed E-state index contributed by atoms with van der Waals surface area (Å²) in [6, 6.07) is 12.0. The Kier molecular flexibility index (Phi) is 7.35. The molecule has 2 aliphatic heterocycles. The Morgan fingerprint density at radius 2 is 1.97 bits per heavy atom. The molecule has 192 valence electrons. The number of hydrogen-bond acceptors (Lipinski definition) is 6. The van der Waals surface area contributed by atoms with Gasteiger partial charge in [-0.2, -0.15) is 0 Å². The number of fused-ring (bicyclic) bond motifs is 2. The molecule has 2 N–H and O–H groups in total. The van der Waals surface area contributed by atoms with E-state index in [1.807, 2.05) is 43.4 Å². The number of nitrogens with zero attached hydrogens (tertiary/aromatic N) is 4. The van der Waals surface area contributed by atoms with Crippen LogP contribution in [0.3, 0.4) is 0 Å². The summed E-state index contributed by atoms with van der Waals surface area (Å²) < 4.78 is 13.6. The monoisotopic (exact) mass is 510 g/mol. The molecule has 3 heterocycles. The molecule has 0 aliphatic carbocycles. The van der Waals surface area contributed by atoms with Gasteiger partial charge in [0.25, 0.3) is 5.91 Å². The molecule has 9 heteroatoms. The Hall–Kier alpha value is -4.66. The lowest BCUT2D eigenvalue weighted by atomic mass is 9.99. The topological polar surface area (TPSA) is 99.6 Å². The van der Waals surface area contributed by atoms with Crippen LogP contribution in [0.15, 0.2) is 77.8 Å². The molecule has 0 bridgehead atoms. The second-order valence-electron chi connectivity index (χ2n) is 9.02. The average Bonchev–Trinajstić information content (AvgIpc) is 3.36. The van der Waals surface area contributed by atoms with Crippen LogP contribution in [0, 0.1) is 5.82 Å². The van der Waals surface area contributed by atoms with Crippen LogP contribution in [0.5, 0.6) is 0 Å². The van der Waals surface area contributed by atoms with E-state index in [0.29, 0.717) is 49.6 Å². The maximum Gasteiger partial charge on any atom is 0.277 e. The second kappa shape index (κ2) is 11.2. The summed E-state index contributed by atoms with van der Waals surface area (Å²) in [5.74, 6) is 0.343. The van der Waals surface area contributed by atoms with Gasteiger partial charge in [0, 0.05) is 36.6 Å². The number of aliphatic imine (C=N–C) groups is 1. The van der Waals surface area contributed by atoms with E-state index >= 15 is 0 Å². The van der Waals surface area contributed by atoms with Crippen LogP contribution in [0.1, 0.15) is 40.5 Å². The number of amides is 2. The van der Waals surface area contributed by atoms with Gasteiger partial charge in [-0.25, -0.2) is 19.4 Å². The van der Waals surface area contributed by atoms with Gasteiger partial charge in [-0.1, -0.05) is 12.1 Å². The third kappa shape index (κ3) is 5.67. The number of hydrogen-bond donors (Lipinski definition) is 2. The average molecular weight is 511 g/mol. The fraction of sp³-hybridized carbons (Fsp3) is 0.207. The van der Waals surface area contributed by atoms with Gasteiger partial charge in [0.2, 0.25) is 5.91 Å². The molecule has 3 aromatic rings. The predicted octanol–water partition coefficient (Wildman–Crippen LogP) is 4.66. The number of allylic oxidation sites excluding steroid dienone is 3. The summed E-state index contributed by atoms with van der Waals surface area (Å²) >= 11 is 0. The van der Waals surface area contributed by atoms with Gasteiger partial charge in [0.15, 0.2) is 0 Å². The molecule has 0 atom stereocenters. The van der Waals surface area contributed by atoms with E-state index in [4.69, 9.17) is 0 Å². The first kappa shape index (κ1) is 25.0. The van der Waals surface area contributed by atoms with E-state index in [2.05, 4.69) is 25.6 Å². The Labute approximate surface area is 220 Å². The molecule has 2 aliphatic rings. The Morgan fingerprint density at radius 1 is 1.08 bits per heavy atom. The maximum atomic E-state index is 13.6. The van der Waals surface area contributed by atoms with Crippen LogP contribution in [-0.4, -0.2) is 34.5 Å². The van der Waals surface area contributed by atoms with E-state index in [1.165, 1.54) is 18.5 Å². The first-order chi connectivity index (χ1) is 18.5. The van der Waals surface area contributed by atoms with Crippen molar-refractivity contribution in [2.24, 2.45) is 4.99 Å². The van der Waals surface area contributed by atoms with Gasteiger partial charge in [-0.05, 0) is 85.4 Å². The Morgan fingerprint density at radius 3 is 2.84 bits per heavy atom. The van der Waals surface area contributed by atoms with Gasteiger partial charge in [-0.3, -0.25) is 9.59 Å². The molecular formula is C29H27FN6O2. The highest BCUT2D eigenvalue weighted by atomic mass is 19.1. The van der Waals surface area contributed by atoms with E-state index in [1.54, 1.807) is 23.2 Å². The van der Waals surface area contributed by atoms with Crippen LogP contribution in [0.4, 0.5) is 21.6 Å². The van der Waals surface area contributed by atoms with Gasteiger partial charge >= 0.3 is 0 Å². The maximum absolute atomic E-state index is 13.6. The first-order valence-electron chi connectivity index (χ1n) is 12.5. The second-order valence-corrected chi connectivity index (χ2v) is 9.02. The van der Waals surface area contributed by atoms with E-state index < -0.39 is 0 Å². The number of anilines is 3. The van der Waals surface area contributed by atoms with Crippen molar-refractivity contribution in [2.75, 3.05) is 16.8 Å². The number of halogens is 1. The standard InChI is InChI=1S/C29H27FN6O2/c1-2-3-13-31-26-10-5-19-4-8-23(16-20(19)6-11-28(37)35-26)34-27-17-24(32-18-33-27)29(38)36-14-12-21-15-22(30)7-9-25(21)36/h2-4,7-10,13,15-18H,5-6,11-12,14H2,1H3,(H,35,37)(H,32,33,34)/b3-2-,26-10-,31-13-. The van der Waals surface area contributed by atoms with Crippen molar-refractivity contribution in [3.63, 3.8) is 0 Å². The molecule has 0 spiro atoms. The Balaban J connectivity index is 1.33. The highest BCUT2D eigenvalue weighted by molar-refractivity contribution is 6.06. The summed E-state index contributed by atoms with van der Waals surface area (Å²) in [5, 5.41) is 6.11. The predicted molar refractivity (Wildman–Crippen MR) is 145 cm³/mol. The van der Waals surface area contributed by atoms with Gasteiger partial charge in [0.05, 0.1) is 0 Å². The third-order valence-corrected chi connectivity index (χ3v) is 6.44.